The first-order valence-corrected chi connectivity index (χ1v) is 4.80. The van der Waals surface area contributed by atoms with Gasteiger partial charge in [0.1, 0.15) is 6.61 Å². The minimum absolute atomic E-state index is 0.243. The van der Waals surface area contributed by atoms with E-state index in [4.69, 9.17) is 27.9 Å². The molecule has 0 aromatic rings. The largest absolute Gasteiger partial charge is 0.372 e. The summed E-state index contributed by atoms with van der Waals surface area (Å²) in [5, 5.41) is 7.91. The Kier molecular flexibility index (Phi) is 4.38. The third-order valence-electron chi connectivity index (χ3n) is 1.74. The molecule has 0 saturated heterocycles. The fourth-order valence-electron chi connectivity index (χ4n) is 0.835. The average molecular weight is 236 g/mol. The average Bonchev–Trinajstić information content (AvgIpc) is 2.18. The standard InChI is InChI=1S/C8H11Cl2N3O/c1-6-8(10)12-11-7(9)5-14-4-3-13(6)2/h1,3-5H2,2H3. The highest BCUT2D eigenvalue weighted by Crippen LogP contribution is 2.07. The first kappa shape index (κ1) is 11.5. The van der Waals surface area contributed by atoms with Gasteiger partial charge in [0.2, 0.25) is 0 Å². The fourth-order valence-corrected chi connectivity index (χ4v) is 1.13. The van der Waals surface area contributed by atoms with E-state index in [9.17, 15) is 0 Å². The summed E-state index contributed by atoms with van der Waals surface area (Å²) in [4.78, 5) is 1.85. The predicted octanol–water partition coefficient (Wildman–Crippen LogP) is 1.65. The second-order valence-electron chi connectivity index (χ2n) is 2.79. The van der Waals surface area contributed by atoms with Crippen molar-refractivity contribution in [1.29, 1.82) is 0 Å². The summed E-state index contributed by atoms with van der Waals surface area (Å²) in [6.45, 7) is 5.27. The summed E-state index contributed by atoms with van der Waals surface area (Å²) in [6, 6.07) is 0. The molecular weight excluding hydrogens is 225 g/mol. The molecule has 0 atom stereocenters. The molecular formula is C8H11Cl2N3O. The summed E-state index contributed by atoms with van der Waals surface area (Å²) in [6.07, 6.45) is 0. The molecule has 4 nitrogen and oxygen atoms in total. The molecule has 0 spiro atoms. The zero-order valence-corrected chi connectivity index (χ0v) is 9.35. The van der Waals surface area contributed by atoms with Crippen LogP contribution in [0.3, 0.4) is 0 Å². The highest BCUT2D eigenvalue weighted by Gasteiger charge is 2.09. The van der Waals surface area contributed by atoms with Crippen molar-refractivity contribution in [3.63, 3.8) is 0 Å². The molecule has 0 radical (unpaired) electrons. The van der Waals surface area contributed by atoms with Gasteiger partial charge >= 0.3 is 0 Å². The maximum absolute atomic E-state index is 5.83. The van der Waals surface area contributed by atoms with Crippen LogP contribution in [0.4, 0.5) is 0 Å². The first-order chi connectivity index (χ1) is 6.61. The second kappa shape index (κ2) is 5.34. The molecule has 0 aromatic carbocycles. The van der Waals surface area contributed by atoms with Gasteiger partial charge in [-0.2, -0.15) is 0 Å². The van der Waals surface area contributed by atoms with Gasteiger partial charge < -0.3 is 9.64 Å². The lowest BCUT2D eigenvalue weighted by Gasteiger charge is -2.20. The predicted molar refractivity (Wildman–Crippen MR) is 59.2 cm³/mol. The Morgan fingerprint density at radius 1 is 1.43 bits per heavy atom. The van der Waals surface area contributed by atoms with Gasteiger partial charge in [0.25, 0.3) is 0 Å². The van der Waals surface area contributed by atoms with Gasteiger partial charge in [-0.15, -0.1) is 10.2 Å². The zero-order valence-electron chi connectivity index (χ0n) is 7.83. The van der Waals surface area contributed by atoms with Crippen LogP contribution in [-0.2, 0) is 4.74 Å². The van der Waals surface area contributed by atoms with Crippen molar-refractivity contribution in [3.05, 3.63) is 12.3 Å². The van der Waals surface area contributed by atoms with Gasteiger partial charge in [0.15, 0.2) is 10.3 Å². The monoisotopic (exact) mass is 235 g/mol. The van der Waals surface area contributed by atoms with E-state index in [0.29, 0.717) is 18.8 Å². The number of rotatable bonds is 0. The molecule has 0 fully saturated rings. The molecule has 1 heterocycles. The molecule has 78 valence electrons. The second-order valence-corrected chi connectivity index (χ2v) is 3.58. The van der Waals surface area contributed by atoms with E-state index in [-0.39, 0.29) is 16.9 Å². The van der Waals surface area contributed by atoms with Crippen LogP contribution in [0.5, 0.6) is 0 Å². The van der Waals surface area contributed by atoms with Gasteiger partial charge in [-0.05, 0) is 0 Å². The smallest absolute Gasteiger partial charge is 0.174 e. The Morgan fingerprint density at radius 3 is 2.86 bits per heavy atom. The lowest BCUT2D eigenvalue weighted by molar-refractivity contribution is 0.154. The van der Waals surface area contributed by atoms with E-state index in [1.54, 1.807) is 0 Å². The summed E-state index contributed by atoms with van der Waals surface area (Å²) in [5.74, 6) is 0. The van der Waals surface area contributed by atoms with E-state index in [0.717, 1.165) is 0 Å². The zero-order chi connectivity index (χ0) is 10.6. The maximum Gasteiger partial charge on any atom is 0.174 e. The number of likely N-dealkylation sites (N-methyl/N-ethyl adjacent to an activating group) is 1. The molecule has 0 amide bonds. The molecule has 0 unspecified atom stereocenters. The van der Waals surface area contributed by atoms with E-state index >= 15 is 0 Å². The van der Waals surface area contributed by atoms with Crippen molar-refractivity contribution in [1.82, 2.24) is 4.90 Å². The maximum atomic E-state index is 5.83. The summed E-state index contributed by atoms with van der Waals surface area (Å²) in [5.41, 5.74) is 0.602. The highest BCUT2D eigenvalue weighted by atomic mass is 35.5. The van der Waals surface area contributed by atoms with Crippen LogP contribution in [0.2, 0.25) is 0 Å². The highest BCUT2D eigenvalue weighted by molar-refractivity contribution is 6.69. The van der Waals surface area contributed by atoms with E-state index in [1.165, 1.54) is 0 Å². The third-order valence-corrected chi connectivity index (χ3v) is 2.22. The number of nitrogens with zero attached hydrogens (tertiary/aromatic N) is 3. The lowest BCUT2D eigenvalue weighted by Crippen LogP contribution is -2.26. The van der Waals surface area contributed by atoms with Crippen LogP contribution in [0.1, 0.15) is 0 Å². The van der Waals surface area contributed by atoms with Crippen molar-refractivity contribution in [3.8, 4) is 0 Å². The van der Waals surface area contributed by atoms with Gasteiger partial charge in [-0.1, -0.05) is 29.8 Å². The van der Waals surface area contributed by atoms with E-state index in [1.807, 2.05) is 11.9 Å². The number of hydrogen-bond acceptors (Lipinski definition) is 4. The normalized spacial score (nSPS) is 20.2. The van der Waals surface area contributed by atoms with Gasteiger partial charge in [0.05, 0.1) is 12.3 Å². The third kappa shape index (κ3) is 3.29. The Hall–Kier alpha value is -0.580. The molecule has 0 aromatic heterocycles. The molecule has 14 heavy (non-hydrogen) atoms. The molecule has 0 N–H and O–H groups in total. The quantitative estimate of drug-likeness (QED) is 0.641. The first-order valence-electron chi connectivity index (χ1n) is 4.05. The molecule has 1 aliphatic heterocycles. The molecule has 6 heteroatoms. The SMILES string of the molecule is C=C1C(Cl)=NN=C(Cl)COCCN1C. The van der Waals surface area contributed by atoms with Crippen LogP contribution in [-0.4, -0.2) is 42.0 Å². The summed E-state index contributed by atoms with van der Waals surface area (Å²) >= 11 is 11.5. The van der Waals surface area contributed by atoms with Crippen molar-refractivity contribution in [2.45, 2.75) is 0 Å². The van der Waals surface area contributed by atoms with Crippen LogP contribution >= 0.6 is 23.2 Å². The van der Waals surface area contributed by atoms with Crippen molar-refractivity contribution in [2.75, 3.05) is 26.8 Å². The summed E-state index contributed by atoms with van der Waals surface area (Å²) in [7, 11) is 1.86. The molecule has 0 bridgehead atoms. The Morgan fingerprint density at radius 2 is 2.14 bits per heavy atom. The summed E-state index contributed by atoms with van der Waals surface area (Å²) < 4.78 is 5.22. The Bertz CT molecular complexity index is 288. The van der Waals surface area contributed by atoms with Gasteiger partial charge in [0, 0.05) is 13.6 Å². The minimum atomic E-state index is 0.243. The van der Waals surface area contributed by atoms with Crippen molar-refractivity contribution in [2.24, 2.45) is 10.2 Å². The molecule has 1 rings (SSSR count). The van der Waals surface area contributed by atoms with E-state index in [2.05, 4.69) is 16.8 Å². The van der Waals surface area contributed by atoms with Crippen molar-refractivity contribution >= 4 is 33.5 Å². The Balaban J connectivity index is 2.82. The van der Waals surface area contributed by atoms with Crippen LogP contribution in [0.15, 0.2) is 22.5 Å². The van der Waals surface area contributed by atoms with Gasteiger partial charge in [-0.3, -0.25) is 0 Å². The van der Waals surface area contributed by atoms with Crippen molar-refractivity contribution < 1.29 is 4.74 Å². The molecule has 0 saturated carbocycles. The number of hydrogen-bond donors (Lipinski definition) is 0. The lowest BCUT2D eigenvalue weighted by atomic mass is 10.4. The fraction of sp³-hybridized carbons (Fsp3) is 0.500. The van der Waals surface area contributed by atoms with E-state index < -0.39 is 0 Å². The van der Waals surface area contributed by atoms with Crippen LogP contribution in [0.25, 0.3) is 0 Å². The molecule has 0 aliphatic carbocycles. The van der Waals surface area contributed by atoms with Crippen LogP contribution < -0.4 is 0 Å². The van der Waals surface area contributed by atoms with Crippen LogP contribution in [0, 0.1) is 0 Å². The number of allylic oxidation sites excluding steroid dienone is 1. The minimum Gasteiger partial charge on any atom is -0.372 e. The molecule has 1 aliphatic rings. The number of halogens is 2. The number of ether oxygens (including phenoxy) is 1. The topological polar surface area (TPSA) is 37.2 Å². The van der Waals surface area contributed by atoms with Gasteiger partial charge in [-0.25, -0.2) is 0 Å². The Labute approximate surface area is 92.8 Å².